The van der Waals surface area contributed by atoms with Crippen LogP contribution in [-0.4, -0.2) is 23.8 Å². The molecule has 2 rings (SSSR count). The van der Waals surface area contributed by atoms with Crippen LogP contribution in [0.1, 0.15) is 12.3 Å². The zero-order valence-corrected chi connectivity index (χ0v) is 12.3. The maximum atomic E-state index is 5.94. The lowest BCUT2D eigenvalue weighted by Gasteiger charge is -1.98. The van der Waals surface area contributed by atoms with Crippen LogP contribution in [0.2, 0.25) is 5.02 Å². The number of aromatic nitrogens is 2. The van der Waals surface area contributed by atoms with E-state index in [1.165, 1.54) is 0 Å². The van der Waals surface area contributed by atoms with Gasteiger partial charge in [0.25, 0.3) is 0 Å². The van der Waals surface area contributed by atoms with Crippen molar-refractivity contribution in [3.8, 4) is 11.5 Å². The smallest absolute Gasteiger partial charge is 0.247 e. The fourth-order valence-electron chi connectivity index (χ4n) is 1.52. The molecule has 2 aromatic rings. The molecule has 0 aliphatic rings. The van der Waals surface area contributed by atoms with Crippen LogP contribution in [0.25, 0.3) is 11.5 Å². The highest BCUT2D eigenvalue weighted by molar-refractivity contribution is 9.10. The maximum Gasteiger partial charge on any atom is 0.247 e. The SMILES string of the molecule is CNCCCc1nnc(-c2ccc(Cl)c(Br)c2)o1. The monoisotopic (exact) mass is 329 g/mol. The van der Waals surface area contributed by atoms with Crippen LogP contribution in [0.5, 0.6) is 0 Å². The van der Waals surface area contributed by atoms with Crippen LogP contribution in [0.15, 0.2) is 27.1 Å². The summed E-state index contributed by atoms with van der Waals surface area (Å²) in [7, 11) is 1.92. The molecule has 0 aliphatic heterocycles. The molecule has 0 bridgehead atoms. The summed E-state index contributed by atoms with van der Waals surface area (Å²) in [5.74, 6) is 1.18. The first-order chi connectivity index (χ1) is 8.70. The number of nitrogens with one attached hydrogen (secondary N) is 1. The van der Waals surface area contributed by atoms with Crippen molar-refractivity contribution in [3.05, 3.63) is 33.6 Å². The predicted octanol–water partition coefficient (Wildman–Crippen LogP) is 3.30. The molecule has 0 fully saturated rings. The number of rotatable bonds is 5. The fourth-order valence-corrected chi connectivity index (χ4v) is 2.01. The van der Waals surface area contributed by atoms with Gasteiger partial charge < -0.3 is 9.73 Å². The van der Waals surface area contributed by atoms with Gasteiger partial charge in [-0.05, 0) is 54.1 Å². The first-order valence-electron chi connectivity index (χ1n) is 5.63. The summed E-state index contributed by atoms with van der Waals surface area (Å²) in [5.41, 5.74) is 0.860. The Morgan fingerprint density at radius 2 is 2.22 bits per heavy atom. The summed E-state index contributed by atoms with van der Waals surface area (Å²) in [4.78, 5) is 0. The molecular weight excluding hydrogens is 318 g/mol. The van der Waals surface area contributed by atoms with Crippen molar-refractivity contribution < 1.29 is 4.42 Å². The quantitative estimate of drug-likeness (QED) is 0.855. The van der Waals surface area contributed by atoms with Gasteiger partial charge >= 0.3 is 0 Å². The topological polar surface area (TPSA) is 51.0 Å². The lowest BCUT2D eigenvalue weighted by molar-refractivity contribution is 0.495. The number of nitrogens with zero attached hydrogens (tertiary/aromatic N) is 2. The van der Waals surface area contributed by atoms with Gasteiger partial charge in [-0.2, -0.15) is 0 Å². The van der Waals surface area contributed by atoms with Crippen LogP contribution in [-0.2, 0) is 6.42 Å². The Kier molecular flexibility index (Phi) is 4.74. The molecular formula is C12H13BrClN3O. The summed E-state index contributed by atoms with van der Waals surface area (Å²) >= 11 is 9.31. The minimum Gasteiger partial charge on any atom is -0.421 e. The van der Waals surface area contributed by atoms with Gasteiger partial charge in [-0.15, -0.1) is 10.2 Å². The van der Waals surface area contributed by atoms with Gasteiger partial charge in [0.1, 0.15) is 0 Å². The molecule has 1 heterocycles. The van der Waals surface area contributed by atoms with Crippen LogP contribution in [0, 0.1) is 0 Å². The lowest BCUT2D eigenvalue weighted by atomic mass is 10.2. The highest BCUT2D eigenvalue weighted by atomic mass is 79.9. The molecule has 0 amide bonds. The third-order valence-corrected chi connectivity index (χ3v) is 3.66. The van der Waals surface area contributed by atoms with E-state index in [9.17, 15) is 0 Å². The van der Waals surface area contributed by atoms with Crippen molar-refractivity contribution in [1.29, 1.82) is 0 Å². The summed E-state index contributed by atoms with van der Waals surface area (Å²) in [6, 6.07) is 5.52. The molecule has 18 heavy (non-hydrogen) atoms. The van der Waals surface area contributed by atoms with Crippen LogP contribution < -0.4 is 5.32 Å². The number of benzene rings is 1. The van der Waals surface area contributed by atoms with Gasteiger partial charge in [-0.1, -0.05) is 11.6 Å². The zero-order chi connectivity index (χ0) is 13.0. The van der Waals surface area contributed by atoms with E-state index in [-0.39, 0.29) is 0 Å². The number of halogens is 2. The second-order valence-corrected chi connectivity index (χ2v) is 5.10. The van der Waals surface area contributed by atoms with Crippen molar-refractivity contribution in [2.24, 2.45) is 0 Å². The second kappa shape index (κ2) is 6.31. The summed E-state index contributed by atoms with van der Waals surface area (Å²) in [5, 5.41) is 11.8. The summed E-state index contributed by atoms with van der Waals surface area (Å²) in [6.45, 7) is 0.935. The van der Waals surface area contributed by atoms with E-state index in [4.69, 9.17) is 16.0 Å². The van der Waals surface area contributed by atoms with Crippen LogP contribution in [0.4, 0.5) is 0 Å². The predicted molar refractivity (Wildman–Crippen MR) is 74.7 cm³/mol. The summed E-state index contributed by atoms with van der Waals surface area (Å²) in [6.07, 6.45) is 1.76. The Morgan fingerprint density at radius 1 is 1.39 bits per heavy atom. The van der Waals surface area contributed by atoms with Crippen molar-refractivity contribution >= 4 is 27.5 Å². The first-order valence-corrected chi connectivity index (χ1v) is 6.80. The Labute approximate surface area is 119 Å². The minimum absolute atomic E-state index is 0.520. The Morgan fingerprint density at radius 3 is 2.94 bits per heavy atom. The zero-order valence-electron chi connectivity index (χ0n) is 9.91. The highest BCUT2D eigenvalue weighted by Gasteiger charge is 2.09. The minimum atomic E-state index is 0.520. The first kappa shape index (κ1) is 13.5. The molecule has 0 aliphatic carbocycles. The van der Waals surface area contributed by atoms with Gasteiger partial charge in [0.15, 0.2) is 0 Å². The third kappa shape index (κ3) is 3.31. The summed E-state index contributed by atoms with van der Waals surface area (Å²) < 4.78 is 6.41. The third-order valence-electron chi connectivity index (χ3n) is 2.45. The van der Waals surface area contributed by atoms with Gasteiger partial charge in [-0.25, -0.2) is 0 Å². The van der Waals surface area contributed by atoms with Crippen molar-refractivity contribution in [1.82, 2.24) is 15.5 Å². The molecule has 96 valence electrons. The molecule has 1 aromatic carbocycles. The number of hydrogen-bond donors (Lipinski definition) is 1. The molecule has 0 spiro atoms. The molecule has 6 heteroatoms. The van der Waals surface area contributed by atoms with E-state index in [1.807, 2.05) is 19.2 Å². The molecule has 1 aromatic heterocycles. The Hall–Kier alpha value is -0.910. The van der Waals surface area contributed by atoms with Crippen molar-refractivity contribution in [2.45, 2.75) is 12.8 Å². The molecule has 0 atom stereocenters. The maximum absolute atomic E-state index is 5.94. The highest BCUT2D eigenvalue weighted by Crippen LogP contribution is 2.28. The fraction of sp³-hybridized carbons (Fsp3) is 0.333. The van der Waals surface area contributed by atoms with E-state index >= 15 is 0 Å². The number of aryl methyl sites for hydroxylation is 1. The Bertz CT molecular complexity index is 530. The van der Waals surface area contributed by atoms with Gasteiger partial charge in [0.05, 0.1) is 5.02 Å². The van der Waals surface area contributed by atoms with Crippen molar-refractivity contribution in [3.63, 3.8) is 0 Å². The normalized spacial score (nSPS) is 10.8. The van der Waals surface area contributed by atoms with E-state index in [2.05, 4.69) is 31.4 Å². The standard InChI is InChI=1S/C12H13BrClN3O/c1-15-6-2-3-11-16-17-12(18-11)8-4-5-10(14)9(13)7-8/h4-5,7,15H,2-3,6H2,1H3. The van der Waals surface area contributed by atoms with E-state index in [1.54, 1.807) is 6.07 Å². The molecule has 1 N–H and O–H groups in total. The van der Waals surface area contributed by atoms with E-state index in [0.29, 0.717) is 16.8 Å². The lowest BCUT2D eigenvalue weighted by Crippen LogP contribution is -2.08. The van der Waals surface area contributed by atoms with E-state index < -0.39 is 0 Å². The average Bonchev–Trinajstić information content (AvgIpc) is 2.82. The Balaban J connectivity index is 2.11. The van der Waals surface area contributed by atoms with Gasteiger partial charge in [-0.3, -0.25) is 0 Å². The molecule has 4 nitrogen and oxygen atoms in total. The molecule has 0 saturated heterocycles. The molecule has 0 saturated carbocycles. The largest absolute Gasteiger partial charge is 0.421 e. The average molecular weight is 331 g/mol. The second-order valence-electron chi connectivity index (χ2n) is 3.84. The number of hydrogen-bond acceptors (Lipinski definition) is 4. The van der Waals surface area contributed by atoms with Crippen LogP contribution >= 0.6 is 27.5 Å². The van der Waals surface area contributed by atoms with Gasteiger partial charge in [0, 0.05) is 16.5 Å². The molecule has 0 unspecified atom stereocenters. The van der Waals surface area contributed by atoms with Crippen LogP contribution in [0.3, 0.4) is 0 Å². The van der Waals surface area contributed by atoms with Gasteiger partial charge in [0.2, 0.25) is 11.8 Å². The molecule has 0 radical (unpaired) electrons. The van der Waals surface area contributed by atoms with E-state index in [0.717, 1.165) is 29.4 Å². The van der Waals surface area contributed by atoms with Crippen molar-refractivity contribution in [2.75, 3.05) is 13.6 Å².